The van der Waals surface area contributed by atoms with E-state index >= 15 is 0 Å². The van der Waals surface area contributed by atoms with Crippen molar-refractivity contribution in [1.82, 2.24) is 4.98 Å². The van der Waals surface area contributed by atoms with Gasteiger partial charge in [-0.1, -0.05) is 11.6 Å². The van der Waals surface area contributed by atoms with Crippen LogP contribution in [-0.4, -0.2) is 16.1 Å². The van der Waals surface area contributed by atoms with Gasteiger partial charge in [-0.3, -0.25) is 0 Å². The second-order valence-corrected chi connectivity index (χ2v) is 4.26. The van der Waals surface area contributed by atoms with Crippen LogP contribution in [0.2, 0.25) is 5.02 Å². The van der Waals surface area contributed by atoms with Crippen molar-refractivity contribution in [2.75, 3.05) is 5.32 Å². The Bertz CT molecular complexity index is 582. The largest absolute Gasteiger partial charge is 0.478 e. The first-order valence-corrected chi connectivity index (χ1v) is 5.66. The van der Waals surface area contributed by atoms with E-state index in [1.807, 2.05) is 19.1 Å². The first-order valence-electron chi connectivity index (χ1n) is 5.29. The lowest BCUT2D eigenvalue weighted by molar-refractivity contribution is 0.0696. The number of nitrogens with one attached hydrogen (secondary N) is 1. The topological polar surface area (TPSA) is 62.2 Å². The number of rotatable bonds is 3. The van der Waals surface area contributed by atoms with Gasteiger partial charge in [-0.2, -0.15) is 0 Å². The van der Waals surface area contributed by atoms with Crippen LogP contribution >= 0.6 is 11.6 Å². The summed E-state index contributed by atoms with van der Waals surface area (Å²) in [7, 11) is 0. The molecule has 0 atom stereocenters. The van der Waals surface area contributed by atoms with Crippen LogP contribution in [0.4, 0.5) is 11.5 Å². The van der Waals surface area contributed by atoms with E-state index in [-0.39, 0.29) is 5.56 Å². The number of hydrogen-bond acceptors (Lipinski definition) is 3. The Hall–Kier alpha value is -2.07. The zero-order valence-corrected chi connectivity index (χ0v) is 10.4. The molecule has 4 nitrogen and oxygen atoms in total. The molecule has 0 spiro atoms. The highest BCUT2D eigenvalue weighted by atomic mass is 35.5. The van der Waals surface area contributed by atoms with Crippen molar-refractivity contribution in [3.8, 4) is 0 Å². The molecular formula is C13H11ClN2O2. The number of anilines is 2. The second-order valence-electron chi connectivity index (χ2n) is 3.82. The van der Waals surface area contributed by atoms with Gasteiger partial charge in [0, 0.05) is 16.9 Å². The number of nitrogens with zero attached hydrogens (tertiary/aromatic N) is 1. The Kier molecular flexibility index (Phi) is 3.48. The average molecular weight is 263 g/mol. The van der Waals surface area contributed by atoms with Crippen LogP contribution in [0.15, 0.2) is 36.5 Å². The Balaban J connectivity index is 2.21. The molecule has 0 saturated heterocycles. The first-order chi connectivity index (χ1) is 8.56. The Morgan fingerprint density at radius 1 is 1.33 bits per heavy atom. The number of aromatic nitrogens is 1. The molecule has 0 aliphatic rings. The molecule has 1 aromatic carbocycles. The second kappa shape index (κ2) is 5.06. The molecule has 0 aliphatic carbocycles. The fourth-order valence-corrected chi connectivity index (χ4v) is 1.73. The summed E-state index contributed by atoms with van der Waals surface area (Å²) >= 11 is 5.87. The molecule has 2 rings (SSSR count). The number of carbonyl (C=O) groups is 1. The first kappa shape index (κ1) is 12.4. The van der Waals surface area contributed by atoms with Crippen LogP contribution in [0.25, 0.3) is 0 Å². The SMILES string of the molecule is Cc1cc(Cl)ccc1Nc1ccc(C(=O)O)cn1. The number of pyridine rings is 1. The van der Waals surface area contributed by atoms with E-state index in [0.717, 1.165) is 11.3 Å². The monoisotopic (exact) mass is 262 g/mol. The Morgan fingerprint density at radius 3 is 2.67 bits per heavy atom. The minimum atomic E-state index is -0.989. The molecule has 2 aromatic rings. The highest BCUT2D eigenvalue weighted by Gasteiger charge is 2.04. The van der Waals surface area contributed by atoms with Gasteiger partial charge in [0.2, 0.25) is 0 Å². The maximum Gasteiger partial charge on any atom is 0.337 e. The molecular weight excluding hydrogens is 252 g/mol. The molecule has 92 valence electrons. The lowest BCUT2D eigenvalue weighted by Gasteiger charge is -2.09. The zero-order chi connectivity index (χ0) is 13.1. The minimum Gasteiger partial charge on any atom is -0.478 e. The van der Waals surface area contributed by atoms with Gasteiger partial charge in [-0.15, -0.1) is 0 Å². The molecule has 5 heteroatoms. The maximum absolute atomic E-state index is 10.7. The lowest BCUT2D eigenvalue weighted by atomic mass is 10.2. The smallest absolute Gasteiger partial charge is 0.337 e. The fourth-order valence-electron chi connectivity index (χ4n) is 1.50. The van der Waals surface area contributed by atoms with Crippen molar-refractivity contribution in [2.45, 2.75) is 6.92 Å². The third-order valence-electron chi connectivity index (χ3n) is 2.46. The Labute approximate surface area is 109 Å². The van der Waals surface area contributed by atoms with Crippen molar-refractivity contribution in [3.63, 3.8) is 0 Å². The van der Waals surface area contributed by atoms with Crippen molar-refractivity contribution in [2.24, 2.45) is 0 Å². The predicted molar refractivity (Wildman–Crippen MR) is 70.7 cm³/mol. The van der Waals surface area contributed by atoms with E-state index in [2.05, 4.69) is 10.3 Å². The summed E-state index contributed by atoms with van der Waals surface area (Å²) in [5, 5.41) is 12.5. The van der Waals surface area contributed by atoms with Crippen molar-refractivity contribution in [1.29, 1.82) is 0 Å². The van der Waals surface area contributed by atoms with Gasteiger partial charge < -0.3 is 10.4 Å². The van der Waals surface area contributed by atoms with Gasteiger partial charge in [0.15, 0.2) is 0 Å². The van der Waals surface area contributed by atoms with Crippen molar-refractivity contribution >= 4 is 29.1 Å². The van der Waals surface area contributed by atoms with Gasteiger partial charge in [-0.25, -0.2) is 9.78 Å². The Morgan fingerprint density at radius 2 is 2.11 bits per heavy atom. The third kappa shape index (κ3) is 2.78. The van der Waals surface area contributed by atoms with Gasteiger partial charge in [0.05, 0.1) is 5.56 Å². The van der Waals surface area contributed by atoms with E-state index in [1.54, 1.807) is 12.1 Å². The number of halogens is 1. The molecule has 0 fully saturated rings. The summed E-state index contributed by atoms with van der Waals surface area (Å²) in [6.07, 6.45) is 1.32. The van der Waals surface area contributed by atoms with Crippen LogP contribution in [0.5, 0.6) is 0 Å². The van der Waals surface area contributed by atoms with E-state index in [9.17, 15) is 4.79 Å². The molecule has 1 heterocycles. The number of hydrogen-bond donors (Lipinski definition) is 2. The quantitative estimate of drug-likeness (QED) is 0.889. The molecule has 0 bridgehead atoms. The predicted octanol–water partition coefficient (Wildman–Crippen LogP) is 3.49. The van der Waals surface area contributed by atoms with Gasteiger partial charge in [0.25, 0.3) is 0 Å². The van der Waals surface area contributed by atoms with Gasteiger partial charge in [-0.05, 0) is 42.8 Å². The molecule has 2 N–H and O–H groups in total. The standard InChI is InChI=1S/C13H11ClN2O2/c1-8-6-10(14)3-4-11(8)16-12-5-2-9(7-15-12)13(17)18/h2-7H,1H3,(H,15,16)(H,17,18). The van der Waals surface area contributed by atoms with E-state index in [1.165, 1.54) is 12.3 Å². The van der Waals surface area contributed by atoms with Crippen LogP contribution in [0.3, 0.4) is 0 Å². The van der Waals surface area contributed by atoms with Crippen LogP contribution in [0, 0.1) is 6.92 Å². The zero-order valence-electron chi connectivity index (χ0n) is 9.64. The van der Waals surface area contributed by atoms with E-state index < -0.39 is 5.97 Å². The number of benzene rings is 1. The summed E-state index contributed by atoms with van der Waals surface area (Å²) < 4.78 is 0. The molecule has 0 saturated carbocycles. The molecule has 0 aliphatic heterocycles. The van der Waals surface area contributed by atoms with Gasteiger partial charge >= 0.3 is 5.97 Å². The highest BCUT2D eigenvalue weighted by Crippen LogP contribution is 2.22. The van der Waals surface area contributed by atoms with E-state index in [4.69, 9.17) is 16.7 Å². The number of aromatic carboxylic acids is 1. The normalized spacial score (nSPS) is 10.1. The minimum absolute atomic E-state index is 0.161. The van der Waals surface area contributed by atoms with Crippen LogP contribution in [0.1, 0.15) is 15.9 Å². The molecule has 18 heavy (non-hydrogen) atoms. The maximum atomic E-state index is 10.7. The van der Waals surface area contributed by atoms with Crippen LogP contribution < -0.4 is 5.32 Å². The van der Waals surface area contributed by atoms with Crippen molar-refractivity contribution in [3.05, 3.63) is 52.7 Å². The van der Waals surface area contributed by atoms with E-state index in [0.29, 0.717) is 10.8 Å². The summed E-state index contributed by atoms with van der Waals surface area (Å²) in [5.41, 5.74) is 2.04. The average Bonchev–Trinajstić information content (AvgIpc) is 2.33. The summed E-state index contributed by atoms with van der Waals surface area (Å²) in [5.74, 6) is -0.401. The van der Waals surface area contributed by atoms with Crippen LogP contribution in [-0.2, 0) is 0 Å². The van der Waals surface area contributed by atoms with Gasteiger partial charge in [0.1, 0.15) is 5.82 Å². The molecule has 0 amide bonds. The molecule has 0 radical (unpaired) electrons. The number of aryl methyl sites for hydroxylation is 1. The number of carboxylic acids is 1. The third-order valence-corrected chi connectivity index (χ3v) is 2.70. The fraction of sp³-hybridized carbons (Fsp3) is 0.0769. The molecule has 1 aromatic heterocycles. The number of carboxylic acid groups (broad SMARTS) is 1. The highest BCUT2D eigenvalue weighted by molar-refractivity contribution is 6.30. The summed E-state index contributed by atoms with van der Waals surface area (Å²) in [6.45, 7) is 1.93. The van der Waals surface area contributed by atoms with Crippen molar-refractivity contribution < 1.29 is 9.90 Å². The summed E-state index contributed by atoms with van der Waals surface area (Å²) in [6, 6.07) is 8.60. The molecule has 0 unspecified atom stereocenters. The summed E-state index contributed by atoms with van der Waals surface area (Å²) in [4.78, 5) is 14.7. The lowest BCUT2D eigenvalue weighted by Crippen LogP contribution is -2.00.